The lowest BCUT2D eigenvalue weighted by molar-refractivity contribution is -0.142. The van der Waals surface area contributed by atoms with Crippen LogP contribution in [-0.2, 0) is 16.0 Å². The van der Waals surface area contributed by atoms with E-state index in [1.807, 2.05) is 18.2 Å². The number of esters is 1. The first-order valence-electron chi connectivity index (χ1n) is 7.06. The first kappa shape index (κ1) is 14.3. The van der Waals surface area contributed by atoms with E-state index in [1.54, 1.807) is 19.1 Å². The van der Waals surface area contributed by atoms with Gasteiger partial charge in [-0.1, -0.05) is 18.2 Å². The van der Waals surface area contributed by atoms with E-state index in [0.29, 0.717) is 12.4 Å². The first-order chi connectivity index (χ1) is 10.7. The van der Waals surface area contributed by atoms with Gasteiger partial charge in [-0.25, -0.2) is 9.37 Å². The van der Waals surface area contributed by atoms with Crippen molar-refractivity contribution in [3.8, 4) is 11.1 Å². The second kappa shape index (κ2) is 5.97. The Kier molecular flexibility index (Phi) is 3.87. The van der Waals surface area contributed by atoms with Crippen LogP contribution in [0.15, 0.2) is 42.5 Å². The number of rotatable bonds is 4. The number of nitrogens with zero attached hydrogens (tertiary/aromatic N) is 1. The zero-order valence-electron chi connectivity index (χ0n) is 12.1. The topological polar surface area (TPSA) is 55.0 Å². The van der Waals surface area contributed by atoms with E-state index < -0.39 is 0 Å². The quantitative estimate of drug-likeness (QED) is 0.750. The summed E-state index contributed by atoms with van der Waals surface area (Å²) in [4.78, 5) is 19.0. The predicted molar refractivity (Wildman–Crippen MR) is 81.8 cm³/mol. The molecular formula is C17H15FN2O2. The molecule has 5 heteroatoms. The van der Waals surface area contributed by atoms with Gasteiger partial charge in [0.2, 0.25) is 0 Å². The predicted octanol–water partition coefficient (Wildman–Crippen LogP) is 3.47. The highest BCUT2D eigenvalue weighted by molar-refractivity contribution is 5.83. The van der Waals surface area contributed by atoms with Crippen LogP contribution in [0.5, 0.6) is 0 Å². The lowest BCUT2D eigenvalue weighted by atomic mass is 10.1. The number of carbonyl (C=O) groups excluding carboxylic acids is 1. The van der Waals surface area contributed by atoms with Crippen molar-refractivity contribution >= 4 is 17.0 Å². The summed E-state index contributed by atoms with van der Waals surface area (Å²) < 4.78 is 17.9. The lowest BCUT2D eigenvalue weighted by Gasteiger charge is -2.01. The zero-order chi connectivity index (χ0) is 15.5. The van der Waals surface area contributed by atoms with Gasteiger partial charge in [-0.3, -0.25) is 4.79 Å². The number of imidazole rings is 1. The smallest absolute Gasteiger partial charge is 0.313 e. The van der Waals surface area contributed by atoms with Crippen LogP contribution in [0, 0.1) is 5.82 Å². The van der Waals surface area contributed by atoms with Crippen LogP contribution in [0.3, 0.4) is 0 Å². The molecule has 1 N–H and O–H groups in total. The summed E-state index contributed by atoms with van der Waals surface area (Å²) in [7, 11) is 0. The summed E-state index contributed by atoms with van der Waals surface area (Å²) in [5.74, 6) is 0.00587. The van der Waals surface area contributed by atoms with Crippen molar-refractivity contribution < 1.29 is 13.9 Å². The Bertz CT molecular complexity index is 809. The molecular weight excluding hydrogens is 283 g/mol. The molecule has 0 saturated heterocycles. The molecule has 0 spiro atoms. The maximum atomic E-state index is 13.0. The third-order valence-electron chi connectivity index (χ3n) is 3.33. The Hall–Kier alpha value is -2.69. The Morgan fingerprint density at radius 1 is 1.18 bits per heavy atom. The molecule has 0 amide bonds. The number of halogens is 1. The van der Waals surface area contributed by atoms with E-state index in [9.17, 15) is 9.18 Å². The van der Waals surface area contributed by atoms with Crippen LogP contribution in [0.25, 0.3) is 22.2 Å². The zero-order valence-corrected chi connectivity index (χ0v) is 12.1. The molecule has 0 aliphatic carbocycles. The minimum atomic E-state index is -0.305. The van der Waals surface area contributed by atoms with Crippen LogP contribution >= 0.6 is 0 Å². The van der Waals surface area contributed by atoms with Gasteiger partial charge in [0.1, 0.15) is 18.1 Å². The molecule has 1 aromatic heterocycles. The van der Waals surface area contributed by atoms with Crippen LogP contribution in [0.4, 0.5) is 4.39 Å². The van der Waals surface area contributed by atoms with Crippen molar-refractivity contribution in [1.29, 1.82) is 0 Å². The van der Waals surface area contributed by atoms with Crippen molar-refractivity contribution in [3.63, 3.8) is 0 Å². The highest BCUT2D eigenvalue weighted by Gasteiger charge is 2.09. The molecule has 0 saturated carbocycles. The van der Waals surface area contributed by atoms with Crippen molar-refractivity contribution in [2.45, 2.75) is 13.3 Å². The normalized spacial score (nSPS) is 10.8. The van der Waals surface area contributed by atoms with E-state index in [-0.39, 0.29) is 18.2 Å². The molecule has 0 radical (unpaired) electrons. The van der Waals surface area contributed by atoms with Crippen LogP contribution in [0.2, 0.25) is 0 Å². The van der Waals surface area contributed by atoms with Gasteiger partial charge in [0.05, 0.1) is 17.6 Å². The Morgan fingerprint density at radius 3 is 2.64 bits per heavy atom. The van der Waals surface area contributed by atoms with Gasteiger partial charge in [0.25, 0.3) is 0 Å². The van der Waals surface area contributed by atoms with Crippen LogP contribution < -0.4 is 0 Å². The van der Waals surface area contributed by atoms with Gasteiger partial charge < -0.3 is 9.72 Å². The molecule has 0 aliphatic rings. The number of fused-ring (bicyclic) bond motifs is 1. The number of nitrogens with one attached hydrogen (secondary N) is 1. The molecule has 4 nitrogen and oxygen atoms in total. The average Bonchev–Trinajstić information content (AvgIpc) is 2.89. The molecule has 22 heavy (non-hydrogen) atoms. The largest absolute Gasteiger partial charge is 0.466 e. The number of benzene rings is 2. The van der Waals surface area contributed by atoms with Crippen LogP contribution in [0.1, 0.15) is 12.7 Å². The Morgan fingerprint density at radius 2 is 1.91 bits per heavy atom. The second-order valence-electron chi connectivity index (χ2n) is 4.90. The number of aromatic amines is 1. The SMILES string of the molecule is CCOC(=O)Cc1nc2cc(-c3ccc(F)cc3)ccc2[nH]1. The van der Waals surface area contributed by atoms with E-state index in [4.69, 9.17) is 4.74 Å². The molecule has 0 fully saturated rings. The number of hydrogen-bond acceptors (Lipinski definition) is 3. The van der Waals surface area contributed by atoms with Crippen LogP contribution in [-0.4, -0.2) is 22.5 Å². The van der Waals surface area contributed by atoms with Gasteiger partial charge >= 0.3 is 5.97 Å². The molecule has 0 atom stereocenters. The molecule has 0 unspecified atom stereocenters. The second-order valence-corrected chi connectivity index (χ2v) is 4.90. The molecule has 3 rings (SSSR count). The molecule has 2 aromatic carbocycles. The fourth-order valence-corrected chi connectivity index (χ4v) is 2.31. The summed E-state index contributed by atoms with van der Waals surface area (Å²) in [6.07, 6.45) is 0.119. The van der Waals surface area contributed by atoms with Gasteiger partial charge in [0.15, 0.2) is 0 Å². The number of hydrogen-bond donors (Lipinski definition) is 1. The fourth-order valence-electron chi connectivity index (χ4n) is 2.31. The third kappa shape index (κ3) is 2.98. The van der Waals surface area contributed by atoms with Gasteiger partial charge in [-0.15, -0.1) is 0 Å². The summed E-state index contributed by atoms with van der Waals surface area (Å²) in [6, 6.07) is 12.0. The molecule has 0 bridgehead atoms. The first-order valence-corrected chi connectivity index (χ1v) is 7.06. The summed E-state index contributed by atoms with van der Waals surface area (Å²) in [5, 5.41) is 0. The fraction of sp³-hybridized carbons (Fsp3) is 0.176. The summed E-state index contributed by atoms with van der Waals surface area (Å²) in [5.41, 5.74) is 3.48. The van der Waals surface area contributed by atoms with Crippen molar-refractivity contribution in [2.24, 2.45) is 0 Å². The Labute approximate surface area is 126 Å². The number of ether oxygens (including phenoxy) is 1. The maximum Gasteiger partial charge on any atom is 0.313 e. The van der Waals surface area contributed by atoms with Gasteiger partial charge in [0, 0.05) is 0 Å². The van der Waals surface area contributed by atoms with E-state index >= 15 is 0 Å². The average molecular weight is 298 g/mol. The maximum absolute atomic E-state index is 13.0. The molecule has 1 heterocycles. The molecule has 3 aromatic rings. The number of aromatic nitrogens is 2. The van der Waals surface area contributed by atoms with Gasteiger partial charge in [-0.2, -0.15) is 0 Å². The van der Waals surface area contributed by atoms with E-state index in [0.717, 1.165) is 22.2 Å². The molecule has 0 aliphatic heterocycles. The number of H-pyrrole nitrogens is 1. The Balaban J connectivity index is 1.90. The van der Waals surface area contributed by atoms with Crippen molar-refractivity contribution in [2.75, 3.05) is 6.61 Å². The number of carbonyl (C=O) groups is 1. The lowest BCUT2D eigenvalue weighted by Crippen LogP contribution is -2.08. The highest BCUT2D eigenvalue weighted by atomic mass is 19.1. The van der Waals surface area contributed by atoms with E-state index in [1.165, 1.54) is 12.1 Å². The van der Waals surface area contributed by atoms with Crippen molar-refractivity contribution in [3.05, 3.63) is 54.1 Å². The highest BCUT2D eigenvalue weighted by Crippen LogP contribution is 2.23. The third-order valence-corrected chi connectivity index (χ3v) is 3.33. The standard InChI is InChI=1S/C17H15FN2O2/c1-2-22-17(21)10-16-19-14-8-5-12(9-15(14)20-16)11-3-6-13(18)7-4-11/h3-9H,2,10H2,1H3,(H,19,20). The molecule has 112 valence electrons. The van der Waals surface area contributed by atoms with Gasteiger partial charge in [-0.05, 0) is 42.3 Å². The monoisotopic (exact) mass is 298 g/mol. The summed E-state index contributed by atoms with van der Waals surface area (Å²) >= 11 is 0. The summed E-state index contributed by atoms with van der Waals surface area (Å²) in [6.45, 7) is 2.12. The van der Waals surface area contributed by atoms with Crippen molar-refractivity contribution in [1.82, 2.24) is 9.97 Å². The minimum absolute atomic E-state index is 0.119. The van der Waals surface area contributed by atoms with E-state index in [2.05, 4.69) is 9.97 Å². The minimum Gasteiger partial charge on any atom is -0.466 e.